The molecule has 0 heterocycles. The topological polar surface area (TPSA) is 49.4 Å². The largest absolute Gasteiger partial charge is 0.416 e. The Hall–Kier alpha value is -2.25. The normalized spacial score (nSPS) is 11.5. The summed E-state index contributed by atoms with van der Waals surface area (Å²) in [5.41, 5.74) is -0.493. The lowest BCUT2D eigenvalue weighted by Crippen LogP contribution is -2.34. The van der Waals surface area contributed by atoms with Crippen LogP contribution in [0.2, 0.25) is 5.02 Å². The molecule has 0 saturated carbocycles. The summed E-state index contributed by atoms with van der Waals surface area (Å²) < 4.78 is 40.5. The van der Waals surface area contributed by atoms with Crippen molar-refractivity contribution in [1.29, 1.82) is 0 Å². The number of anilines is 1. The van der Waals surface area contributed by atoms with Crippen LogP contribution < -0.4 is 10.2 Å². The first-order valence-electron chi connectivity index (χ1n) is 9.62. The summed E-state index contributed by atoms with van der Waals surface area (Å²) >= 11 is 11.5. The molecular formula is C22H23Cl2F3N2O2. The van der Waals surface area contributed by atoms with E-state index < -0.39 is 23.6 Å². The van der Waals surface area contributed by atoms with Gasteiger partial charge in [0.15, 0.2) is 0 Å². The fourth-order valence-corrected chi connectivity index (χ4v) is 3.08. The standard InChI is InChI=1S/C22H23Cl2F3N2O2/c1-14(2)7-8-29(20(30)12-23)19-10-16(9-17(11-19)22(25,26)27)21(31)28-13-15-3-5-18(24)6-4-15/h3-6,9-11,14H,7-8,12-13H2,1-2H3,(H,28,31). The lowest BCUT2D eigenvalue weighted by molar-refractivity contribution is -0.137. The minimum atomic E-state index is -4.69. The monoisotopic (exact) mass is 474 g/mol. The van der Waals surface area contributed by atoms with Crippen molar-refractivity contribution in [2.75, 3.05) is 17.3 Å². The third kappa shape index (κ3) is 7.43. The molecule has 1 N–H and O–H groups in total. The number of carbonyl (C=O) groups excluding carboxylic acids is 2. The number of alkyl halides is 4. The van der Waals surface area contributed by atoms with Crippen molar-refractivity contribution in [2.24, 2.45) is 5.92 Å². The summed E-state index contributed by atoms with van der Waals surface area (Å²) in [6.45, 7) is 4.17. The maximum Gasteiger partial charge on any atom is 0.416 e. The first-order valence-corrected chi connectivity index (χ1v) is 10.5. The highest BCUT2D eigenvalue weighted by Crippen LogP contribution is 2.33. The Morgan fingerprint density at radius 1 is 1.10 bits per heavy atom. The average molecular weight is 475 g/mol. The van der Waals surface area contributed by atoms with Gasteiger partial charge < -0.3 is 10.2 Å². The molecular weight excluding hydrogens is 452 g/mol. The van der Waals surface area contributed by atoms with Gasteiger partial charge in [-0.3, -0.25) is 9.59 Å². The molecule has 0 aliphatic heterocycles. The molecule has 0 fully saturated rings. The molecule has 9 heteroatoms. The number of nitrogens with zero attached hydrogens (tertiary/aromatic N) is 1. The number of nitrogens with one attached hydrogen (secondary N) is 1. The van der Waals surface area contributed by atoms with Crippen LogP contribution in [0.15, 0.2) is 42.5 Å². The molecule has 2 aromatic rings. The number of rotatable bonds is 8. The SMILES string of the molecule is CC(C)CCN(C(=O)CCl)c1cc(C(=O)NCc2ccc(Cl)cc2)cc(C(F)(F)F)c1. The average Bonchev–Trinajstić information content (AvgIpc) is 2.72. The molecule has 0 bridgehead atoms. The van der Waals surface area contributed by atoms with E-state index in [1.54, 1.807) is 24.3 Å². The van der Waals surface area contributed by atoms with Gasteiger partial charge in [0.25, 0.3) is 5.91 Å². The summed E-state index contributed by atoms with van der Waals surface area (Å²) in [4.78, 5) is 26.1. The molecule has 0 radical (unpaired) electrons. The van der Waals surface area contributed by atoms with Gasteiger partial charge in [0, 0.05) is 29.4 Å². The minimum Gasteiger partial charge on any atom is -0.348 e. The second-order valence-corrected chi connectivity index (χ2v) is 8.14. The summed E-state index contributed by atoms with van der Waals surface area (Å²) in [5, 5.41) is 3.12. The summed E-state index contributed by atoms with van der Waals surface area (Å²) in [7, 11) is 0. The Balaban J connectivity index is 2.36. The van der Waals surface area contributed by atoms with Crippen molar-refractivity contribution < 1.29 is 22.8 Å². The van der Waals surface area contributed by atoms with Crippen LogP contribution in [0.1, 0.15) is 41.8 Å². The van der Waals surface area contributed by atoms with Crippen LogP contribution in [0.4, 0.5) is 18.9 Å². The molecule has 4 nitrogen and oxygen atoms in total. The maximum atomic E-state index is 13.5. The highest BCUT2D eigenvalue weighted by Gasteiger charge is 2.33. The van der Waals surface area contributed by atoms with Crippen LogP contribution in [0.3, 0.4) is 0 Å². The summed E-state index contributed by atoms with van der Waals surface area (Å²) in [5.74, 6) is -1.39. The minimum absolute atomic E-state index is 0.0160. The van der Waals surface area contributed by atoms with Crippen LogP contribution in [-0.4, -0.2) is 24.2 Å². The highest BCUT2D eigenvalue weighted by atomic mass is 35.5. The lowest BCUT2D eigenvalue weighted by atomic mass is 10.1. The first-order chi connectivity index (χ1) is 14.5. The summed E-state index contributed by atoms with van der Waals surface area (Å²) in [6.07, 6.45) is -4.12. The number of carbonyl (C=O) groups is 2. The summed E-state index contributed by atoms with van der Waals surface area (Å²) in [6, 6.07) is 9.61. The predicted octanol–water partition coefficient (Wildman–Crippen LogP) is 5.91. The van der Waals surface area contributed by atoms with Gasteiger partial charge in [0.05, 0.1) is 5.56 Å². The Bertz CT molecular complexity index is 916. The van der Waals surface area contributed by atoms with Crippen molar-refractivity contribution in [3.8, 4) is 0 Å². The van der Waals surface area contributed by atoms with Gasteiger partial charge in [-0.05, 0) is 48.2 Å². The predicted molar refractivity (Wildman–Crippen MR) is 117 cm³/mol. The fourth-order valence-electron chi connectivity index (χ4n) is 2.81. The van der Waals surface area contributed by atoms with Gasteiger partial charge in [0.1, 0.15) is 5.88 Å². The van der Waals surface area contributed by atoms with E-state index in [-0.39, 0.29) is 36.1 Å². The zero-order valence-electron chi connectivity index (χ0n) is 17.1. The van der Waals surface area contributed by atoms with Gasteiger partial charge in [-0.15, -0.1) is 11.6 Å². The number of halogens is 5. The molecule has 0 spiro atoms. The van der Waals surface area contributed by atoms with E-state index in [9.17, 15) is 22.8 Å². The van der Waals surface area contributed by atoms with Crippen LogP contribution in [-0.2, 0) is 17.5 Å². The Morgan fingerprint density at radius 2 is 1.74 bits per heavy atom. The van der Waals surface area contributed by atoms with Gasteiger partial charge >= 0.3 is 6.18 Å². The number of amides is 2. The van der Waals surface area contributed by atoms with E-state index in [2.05, 4.69) is 5.32 Å². The van der Waals surface area contributed by atoms with Crippen molar-refractivity contribution in [3.63, 3.8) is 0 Å². The second kappa shape index (κ2) is 10.9. The van der Waals surface area contributed by atoms with Gasteiger partial charge in [-0.1, -0.05) is 37.6 Å². The number of benzene rings is 2. The number of hydrogen-bond donors (Lipinski definition) is 1. The van der Waals surface area contributed by atoms with Crippen LogP contribution in [0.5, 0.6) is 0 Å². The molecule has 0 unspecified atom stereocenters. The molecule has 0 atom stereocenters. The molecule has 0 aliphatic carbocycles. The quantitative estimate of drug-likeness (QED) is 0.483. The van der Waals surface area contributed by atoms with E-state index >= 15 is 0 Å². The molecule has 2 aromatic carbocycles. The van der Waals surface area contributed by atoms with Gasteiger partial charge in [-0.25, -0.2) is 0 Å². The van der Waals surface area contributed by atoms with Crippen molar-refractivity contribution in [2.45, 2.75) is 33.0 Å². The van der Waals surface area contributed by atoms with Crippen LogP contribution >= 0.6 is 23.2 Å². The molecule has 2 amide bonds. The maximum absolute atomic E-state index is 13.5. The number of hydrogen-bond acceptors (Lipinski definition) is 2. The van der Waals surface area contributed by atoms with E-state index in [0.29, 0.717) is 11.4 Å². The van der Waals surface area contributed by atoms with Crippen LogP contribution in [0, 0.1) is 5.92 Å². The van der Waals surface area contributed by atoms with Crippen molar-refractivity contribution in [3.05, 3.63) is 64.2 Å². The van der Waals surface area contributed by atoms with Crippen LogP contribution in [0.25, 0.3) is 0 Å². The van der Waals surface area contributed by atoms with E-state index in [1.807, 2.05) is 13.8 Å². The molecule has 0 aliphatic rings. The van der Waals surface area contributed by atoms with E-state index in [1.165, 1.54) is 11.0 Å². The smallest absolute Gasteiger partial charge is 0.348 e. The Kier molecular flexibility index (Phi) is 8.77. The Labute approximate surface area is 189 Å². The first kappa shape index (κ1) is 25.0. The van der Waals surface area contributed by atoms with Crippen molar-refractivity contribution >= 4 is 40.7 Å². The molecule has 0 aromatic heterocycles. The zero-order valence-corrected chi connectivity index (χ0v) is 18.6. The second-order valence-electron chi connectivity index (χ2n) is 7.44. The van der Waals surface area contributed by atoms with E-state index in [0.717, 1.165) is 17.7 Å². The third-order valence-electron chi connectivity index (χ3n) is 4.53. The molecule has 31 heavy (non-hydrogen) atoms. The third-order valence-corrected chi connectivity index (χ3v) is 5.01. The molecule has 168 valence electrons. The van der Waals surface area contributed by atoms with Gasteiger partial charge in [-0.2, -0.15) is 13.2 Å². The Morgan fingerprint density at radius 3 is 2.29 bits per heavy atom. The fraction of sp³-hybridized carbons (Fsp3) is 0.364. The highest BCUT2D eigenvalue weighted by molar-refractivity contribution is 6.30. The zero-order chi connectivity index (χ0) is 23.2. The van der Waals surface area contributed by atoms with E-state index in [4.69, 9.17) is 23.2 Å². The van der Waals surface area contributed by atoms with Crippen molar-refractivity contribution in [1.82, 2.24) is 5.32 Å². The van der Waals surface area contributed by atoms with Gasteiger partial charge in [0.2, 0.25) is 5.91 Å². The lowest BCUT2D eigenvalue weighted by Gasteiger charge is -2.24. The molecule has 0 saturated heterocycles. The molecule has 2 rings (SSSR count).